The van der Waals surface area contributed by atoms with Gasteiger partial charge >= 0.3 is 29.7 Å². The van der Waals surface area contributed by atoms with E-state index in [9.17, 15) is 0 Å². The van der Waals surface area contributed by atoms with Crippen molar-refractivity contribution in [1.82, 2.24) is 0 Å². The summed E-state index contributed by atoms with van der Waals surface area (Å²) < 4.78 is 7.25. The standard InChI is InChI=1S/3HNO3.NO.Ru/c3*2-1(3)4;1-2;/h3*(H,2,3,4);;/q;;;+1;+2. The largest absolute Gasteiger partial charge is 2.00 e. The van der Waals surface area contributed by atoms with Crippen LogP contribution in [0.15, 0.2) is 0 Å². The SMILES string of the molecule is N#[O+].O=[N+]([O-])O.O=[N+]([O-])O.O=[N+]([O-])O.[Ru+2]. The molecule has 3 N–H and O–H groups in total. The molecule has 15 heteroatoms. The van der Waals surface area contributed by atoms with Crippen LogP contribution in [0.3, 0.4) is 0 Å². The van der Waals surface area contributed by atoms with Crippen molar-refractivity contribution in [2.45, 2.75) is 0 Å². The Hall–Kier alpha value is -2.11. The van der Waals surface area contributed by atoms with E-state index in [1.54, 1.807) is 0 Å². The Kier molecular flexibility index (Phi) is 58.0. The maximum Gasteiger partial charge on any atom is 2.00 e. The molecule has 0 radical (unpaired) electrons. The molecule has 0 aromatic rings. The van der Waals surface area contributed by atoms with Gasteiger partial charge in [-0.05, 0) is 0 Å². The molecular weight excluding hydrogens is 317 g/mol. The Morgan fingerprint density at radius 2 is 0.800 bits per heavy atom. The van der Waals surface area contributed by atoms with Crippen LogP contribution in [-0.2, 0) is 24.3 Å². The normalized spacial score (nSPS) is 4.93. The van der Waals surface area contributed by atoms with Crippen LogP contribution in [0.1, 0.15) is 0 Å². The molecule has 0 spiro atoms. The third kappa shape index (κ3) is 262. The molecule has 0 bridgehead atoms. The summed E-state index contributed by atoms with van der Waals surface area (Å²) >= 11 is 0. The molecule has 0 fully saturated rings. The van der Waals surface area contributed by atoms with E-state index in [0.29, 0.717) is 0 Å². The topological polar surface area (TPSA) is 234 Å². The molecule has 0 aromatic heterocycles. The first-order chi connectivity index (χ1) is 6.20. The van der Waals surface area contributed by atoms with Crippen molar-refractivity contribution < 1.29 is 55.1 Å². The van der Waals surface area contributed by atoms with E-state index < -0.39 is 15.3 Å². The monoisotopic (exact) mass is 321 g/mol. The zero-order valence-corrected chi connectivity index (χ0v) is 8.08. The van der Waals surface area contributed by atoms with Crippen molar-refractivity contribution in [3.8, 4) is 0 Å². The van der Waals surface area contributed by atoms with Gasteiger partial charge in [-0.1, -0.05) is 0 Å². The summed E-state index contributed by atoms with van der Waals surface area (Å²) in [5, 5.41) is 40.9. The summed E-state index contributed by atoms with van der Waals surface area (Å²) in [6.07, 6.45) is 0. The van der Waals surface area contributed by atoms with Gasteiger partial charge < -0.3 is 15.6 Å². The molecule has 0 saturated carbocycles. The average molecular weight is 320 g/mol. The third-order valence-corrected chi connectivity index (χ3v) is 0. The molecule has 0 rings (SSSR count). The molecular formula is H3N4O10Ru+3. The molecule has 0 aliphatic carbocycles. The van der Waals surface area contributed by atoms with E-state index in [0.717, 1.165) is 0 Å². The van der Waals surface area contributed by atoms with Crippen LogP contribution in [0.5, 0.6) is 0 Å². The van der Waals surface area contributed by atoms with Gasteiger partial charge in [-0.2, -0.15) is 0 Å². The predicted molar refractivity (Wildman–Crippen MR) is 28.8 cm³/mol. The van der Waals surface area contributed by atoms with Crippen LogP contribution in [0.2, 0.25) is 0 Å². The van der Waals surface area contributed by atoms with Crippen LogP contribution in [0.4, 0.5) is 0 Å². The van der Waals surface area contributed by atoms with E-state index in [2.05, 4.69) is 0 Å². The fraction of sp³-hybridized carbons (Fsp3) is 0. The van der Waals surface area contributed by atoms with E-state index in [1.165, 1.54) is 0 Å². The minimum Gasteiger partial charge on any atom is -0.328 e. The fourth-order valence-electron chi connectivity index (χ4n) is 0. The van der Waals surface area contributed by atoms with E-state index in [-0.39, 0.29) is 19.5 Å². The molecule has 15 heavy (non-hydrogen) atoms. The Balaban J connectivity index is -0.0000000298. The van der Waals surface area contributed by atoms with E-state index in [4.69, 9.17) is 56.2 Å². The summed E-state index contributed by atoms with van der Waals surface area (Å²) in [6.45, 7) is 0. The Morgan fingerprint density at radius 3 is 0.800 bits per heavy atom. The first-order valence-corrected chi connectivity index (χ1v) is 1.88. The fourth-order valence-corrected chi connectivity index (χ4v) is 0. The van der Waals surface area contributed by atoms with E-state index in [1.807, 2.05) is 0 Å². The van der Waals surface area contributed by atoms with Crippen LogP contribution < -0.4 is 0 Å². The average Bonchev–Trinajstić information content (AvgIpc) is 1.86. The second-order valence-corrected chi connectivity index (χ2v) is 0.714. The molecule has 0 aromatic carbocycles. The van der Waals surface area contributed by atoms with Gasteiger partial charge in [-0.25, -0.2) is 0 Å². The van der Waals surface area contributed by atoms with Gasteiger partial charge in [0.05, 0.1) is 0 Å². The molecule has 0 aliphatic rings. The molecule has 0 saturated heterocycles. The minimum atomic E-state index is -1.50. The van der Waals surface area contributed by atoms with Crippen LogP contribution in [-0.4, -0.2) is 30.9 Å². The Labute approximate surface area is 91.7 Å². The van der Waals surface area contributed by atoms with Crippen molar-refractivity contribution in [3.63, 3.8) is 0 Å². The third-order valence-electron chi connectivity index (χ3n) is 0. The van der Waals surface area contributed by atoms with Crippen molar-refractivity contribution in [2.75, 3.05) is 0 Å². The summed E-state index contributed by atoms with van der Waals surface area (Å²) in [5.74, 6) is 0. The smallest absolute Gasteiger partial charge is 0.328 e. The molecule has 0 unspecified atom stereocenters. The second kappa shape index (κ2) is 29.7. The van der Waals surface area contributed by atoms with Crippen molar-refractivity contribution >= 4 is 0 Å². The Bertz CT molecular complexity index is 145. The maximum absolute atomic E-state index is 8.36. The van der Waals surface area contributed by atoms with Gasteiger partial charge in [0.1, 0.15) is 0 Å². The molecule has 0 heterocycles. The first-order valence-electron chi connectivity index (χ1n) is 1.88. The van der Waals surface area contributed by atoms with Gasteiger partial charge in [0.15, 0.2) is 0 Å². The van der Waals surface area contributed by atoms with Gasteiger partial charge in [-0.3, -0.25) is 0 Å². The quantitative estimate of drug-likeness (QED) is 0.209. The van der Waals surface area contributed by atoms with Gasteiger partial charge in [0.2, 0.25) is 0 Å². The number of hydrogen-bond acceptors (Lipinski definition) is 7. The summed E-state index contributed by atoms with van der Waals surface area (Å²) in [7, 11) is 0. The molecule has 14 nitrogen and oxygen atoms in total. The Morgan fingerprint density at radius 1 is 0.800 bits per heavy atom. The van der Waals surface area contributed by atoms with Crippen LogP contribution >= 0.6 is 0 Å². The number of rotatable bonds is 0. The van der Waals surface area contributed by atoms with Crippen molar-refractivity contribution in [1.29, 1.82) is 5.46 Å². The van der Waals surface area contributed by atoms with Crippen molar-refractivity contribution in [3.05, 3.63) is 30.3 Å². The zero-order valence-electron chi connectivity index (χ0n) is 6.34. The predicted octanol–water partition coefficient (Wildman–Crippen LogP) is -1.15. The van der Waals surface area contributed by atoms with Gasteiger partial charge in [0.25, 0.3) is 15.3 Å². The summed E-state index contributed by atoms with van der Waals surface area (Å²) in [4.78, 5) is 25.1. The zero-order chi connectivity index (χ0) is 12.7. The van der Waals surface area contributed by atoms with Gasteiger partial charge in [0, 0.05) is 0 Å². The van der Waals surface area contributed by atoms with Crippen LogP contribution in [0, 0.1) is 35.8 Å². The number of nitrogens with zero attached hydrogens (tertiary/aromatic N) is 4. The van der Waals surface area contributed by atoms with E-state index >= 15 is 0 Å². The summed E-state index contributed by atoms with van der Waals surface area (Å²) in [5.41, 5.74) is 5.75. The van der Waals surface area contributed by atoms with Gasteiger partial charge in [-0.15, -0.1) is 30.3 Å². The molecule has 0 atom stereocenters. The summed E-state index contributed by atoms with van der Waals surface area (Å²) in [6, 6.07) is 0. The maximum atomic E-state index is 8.36. The number of hydrogen-bond donors (Lipinski definition) is 3. The molecule has 88 valence electrons. The second-order valence-electron chi connectivity index (χ2n) is 0.714. The van der Waals surface area contributed by atoms with Crippen molar-refractivity contribution in [2.24, 2.45) is 0 Å². The molecule has 0 amide bonds. The van der Waals surface area contributed by atoms with Crippen LogP contribution in [0.25, 0.3) is 0 Å². The molecule has 0 aliphatic heterocycles. The first kappa shape index (κ1) is 29.3. The minimum absolute atomic E-state index is 0.